The standard InChI is InChI=1S/C30H28F4N4O/c1-29-15-17-16-36-38(22-8-6-19(31)7-9-22)26(17)13-18(29)5-10-23-24(29)11-12-25(30(32,33)34)27(23)28(39)37-21-4-2-3-20(35)14-21/h2-4,6-9,11,13-14,16,23,25,27H,5,10,12,15,35H2,1H3,(H,37,39)/t23-,25+,27+,29-/m0/s1. The number of halogens is 4. The summed E-state index contributed by atoms with van der Waals surface area (Å²) in [5.41, 5.74) is 10.7. The molecule has 202 valence electrons. The first-order valence-corrected chi connectivity index (χ1v) is 13.0. The lowest BCUT2D eigenvalue weighted by atomic mass is 9.54. The average molecular weight is 537 g/mol. The molecule has 0 unspecified atom stereocenters. The number of amides is 1. The van der Waals surface area contributed by atoms with Gasteiger partial charge < -0.3 is 11.1 Å². The van der Waals surface area contributed by atoms with E-state index in [1.54, 1.807) is 53.4 Å². The zero-order valence-electron chi connectivity index (χ0n) is 21.3. The lowest BCUT2D eigenvalue weighted by molar-refractivity contribution is -0.196. The zero-order chi connectivity index (χ0) is 27.5. The number of nitrogens with one attached hydrogen (secondary N) is 1. The van der Waals surface area contributed by atoms with Crippen LogP contribution in [0, 0.1) is 29.0 Å². The van der Waals surface area contributed by atoms with Crippen LogP contribution in [-0.4, -0.2) is 21.9 Å². The SMILES string of the molecule is C[C@]12Cc3cnn(-c4ccc(F)cc4)c3C=C1CC[C@H]1C2=CC[C@@H](C(F)(F)F)[C@@H]1C(=O)Nc1cccc(N)c1. The Kier molecular flexibility index (Phi) is 5.93. The van der Waals surface area contributed by atoms with Gasteiger partial charge in [-0.05, 0) is 85.7 Å². The van der Waals surface area contributed by atoms with Crippen molar-refractivity contribution in [1.29, 1.82) is 0 Å². The molecule has 2 aromatic carbocycles. The van der Waals surface area contributed by atoms with E-state index in [-0.39, 0.29) is 12.2 Å². The van der Waals surface area contributed by atoms with Crippen LogP contribution < -0.4 is 11.1 Å². The molecule has 1 aromatic heterocycles. The van der Waals surface area contributed by atoms with Crippen molar-refractivity contribution in [2.75, 3.05) is 11.1 Å². The quantitative estimate of drug-likeness (QED) is 0.222. The van der Waals surface area contributed by atoms with Gasteiger partial charge in [-0.15, -0.1) is 0 Å². The monoisotopic (exact) mass is 536 g/mol. The third-order valence-electron chi connectivity index (χ3n) is 8.62. The summed E-state index contributed by atoms with van der Waals surface area (Å²) in [5.74, 6) is -4.51. The molecule has 3 aliphatic carbocycles. The Morgan fingerprint density at radius 1 is 1.18 bits per heavy atom. The molecule has 4 atom stereocenters. The summed E-state index contributed by atoms with van der Waals surface area (Å²) in [7, 11) is 0. The van der Waals surface area contributed by atoms with Crippen molar-refractivity contribution < 1.29 is 22.4 Å². The molecule has 39 heavy (non-hydrogen) atoms. The lowest BCUT2D eigenvalue weighted by Gasteiger charge is -2.50. The number of nitrogens with zero attached hydrogens (tertiary/aromatic N) is 2. The minimum Gasteiger partial charge on any atom is -0.399 e. The fourth-order valence-electron chi connectivity index (χ4n) is 6.78. The first-order chi connectivity index (χ1) is 18.5. The van der Waals surface area contributed by atoms with E-state index in [1.165, 1.54) is 12.1 Å². The van der Waals surface area contributed by atoms with Gasteiger partial charge in [-0.3, -0.25) is 4.79 Å². The highest BCUT2D eigenvalue weighted by Crippen LogP contribution is 2.59. The number of nitrogens with two attached hydrogens (primary N) is 1. The molecule has 1 saturated carbocycles. The molecule has 0 aliphatic heterocycles. The van der Waals surface area contributed by atoms with Crippen molar-refractivity contribution >= 4 is 23.4 Å². The first kappa shape index (κ1) is 25.4. The highest BCUT2D eigenvalue weighted by Gasteiger charge is 2.56. The van der Waals surface area contributed by atoms with Gasteiger partial charge in [0.1, 0.15) is 5.82 Å². The minimum absolute atomic E-state index is 0.241. The second-order valence-corrected chi connectivity index (χ2v) is 11.0. The van der Waals surface area contributed by atoms with E-state index in [0.29, 0.717) is 30.6 Å². The number of alkyl halides is 3. The van der Waals surface area contributed by atoms with Crippen molar-refractivity contribution in [2.45, 2.75) is 38.8 Å². The topological polar surface area (TPSA) is 72.9 Å². The number of aromatic nitrogens is 2. The number of allylic oxidation sites excluding steroid dienone is 3. The molecule has 1 fully saturated rings. The second-order valence-electron chi connectivity index (χ2n) is 11.0. The molecule has 5 nitrogen and oxygen atoms in total. The van der Waals surface area contributed by atoms with E-state index >= 15 is 0 Å². The Labute approximate surface area is 223 Å². The summed E-state index contributed by atoms with van der Waals surface area (Å²) >= 11 is 0. The maximum atomic E-state index is 14.3. The van der Waals surface area contributed by atoms with Crippen LogP contribution in [-0.2, 0) is 11.2 Å². The van der Waals surface area contributed by atoms with Crippen LogP contribution in [0.3, 0.4) is 0 Å². The van der Waals surface area contributed by atoms with Crippen molar-refractivity contribution in [1.82, 2.24) is 9.78 Å². The number of hydrogen-bond acceptors (Lipinski definition) is 3. The summed E-state index contributed by atoms with van der Waals surface area (Å²) in [4.78, 5) is 13.5. The van der Waals surface area contributed by atoms with Crippen LogP contribution in [0.1, 0.15) is 37.4 Å². The van der Waals surface area contributed by atoms with Crippen molar-refractivity contribution in [3.05, 3.63) is 89.0 Å². The first-order valence-electron chi connectivity index (χ1n) is 13.0. The van der Waals surface area contributed by atoms with Gasteiger partial charge >= 0.3 is 6.18 Å². The third-order valence-corrected chi connectivity index (χ3v) is 8.62. The van der Waals surface area contributed by atoms with E-state index in [4.69, 9.17) is 5.73 Å². The molecule has 3 aliphatic rings. The van der Waals surface area contributed by atoms with Crippen molar-refractivity contribution in [3.8, 4) is 5.69 Å². The average Bonchev–Trinajstić information content (AvgIpc) is 3.28. The molecule has 3 aromatic rings. The number of nitrogen functional groups attached to an aromatic ring is 1. The molecule has 0 radical (unpaired) electrons. The molecule has 0 spiro atoms. The summed E-state index contributed by atoms with van der Waals surface area (Å²) in [6, 6.07) is 12.6. The maximum Gasteiger partial charge on any atom is 0.392 e. The van der Waals surface area contributed by atoms with Crippen LogP contribution in [0.5, 0.6) is 0 Å². The molecule has 6 rings (SSSR count). The van der Waals surface area contributed by atoms with Gasteiger partial charge in [0.25, 0.3) is 0 Å². The van der Waals surface area contributed by atoms with E-state index in [0.717, 1.165) is 28.1 Å². The van der Waals surface area contributed by atoms with Crippen molar-refractivity contribution in [3.63, 3.8) is 0 Å². The fourth-order valence-corrected chi connectivity index (χ4v) is 6.78. The van der Waals surface area contributed by atoms with Crippen LogP contribution in [0.2, 0.25) is 0 Å². The van der Waals surface area contributed by atoms with Crippen LogP contribution >= 0.6 is 0 Å². The number of fused-ring (bicyclic) bond motifs is 4. The van der Waals surface area contributed by atoms with Crippen LogP contribution in [0.4, 0.5) is 28.9 Å². The summed E-state index contributed by atoms with van der Waals surface area (Å²) < 4.78 is 58.0. The molecule has 1 amide bonds. The Balaban J connectivity index is 1.35. The molecule has 0 bridgehead atoms. The third kappa shape index (κ3) is 4.33. The largest absolute Gasteiger partial charge is 0.399 e. The number of hydrogen-bond donors (Lipinski definition) is 2. The minimum atomic E-state index is -4.51. The summed E-state index contributed by atoms with van der Waals surface area (Å²) in [5, 5.41) is 7.25. The smallest absolute Gasteiger partial charge is 0.392 e. The molecule has 1 heterocycles. The molecule has 9 heteroatoms. The Bertz CT molecular complexity index is 1500. The summed E-state index contributed by atoms with van der Waals surface area (Å²) in [6.07, 6.45) is 2.40. The Morgan fingerprint density at radius 2 is 1.95 bits per heavy atom. The molecular weight excluding hydrogens is 508 g/mol. The highest BCUT2D eigenvalue weighted by atomic mass is 19.4. The van der Waals surface area contributed by atoms with E-state index in [1.807, 2.05) is 0 Å². The van der Waals surface area contributed by atoms with Crippen LogP contribution in [0.25, 0.3) is 11.8 Å². The lowest BCUT2D eigenvalue weighted by Crippen LogP contribution is -2.49. The highest BCUT2D eigenvalue weighted by molar-refractivity contribution is 5.94. The second kappa shape index (κ2) is 9.10. The van der Waals surface area contributed by atoms with Crippen LogP contribution in [0.15, 0.2) is 72.0 Å². The van der Waals surface area contributed by atoms with Gasteiger partial charge in [0.05, 0.1) is 29.4 Å². The maximum absolute atomic E-state index is 14.3. The number of carbonyl (C=O) groups is 1. The molecule has 0 saturated heterocycles. The normalized spacial score (nSPS) is 26.0. The molecular formula is C30H28F4N4O. The molecule has 3 N–H and O–H groups in total. The van der Waals surface area contributed by atoms with Gasteiger partial charge in [-0.1, -0.05) is 30.2 Å². The zero-order valence-corrected chi connectivity index (χ0v) is 21.3. The van der Waals surface area contributed by atoms with Gasteiger partial charge in [0.15, 0.2) is 0 Å². The number of anilines is 2. The van der Waals surface area contributed by atoms with Gasteiger partial charge in [0.2, 0.25) is 5.91 Å². The Morgan fingerprint density at radius 3 is 2.67 bits per heavy atom. The van der Waals surface area contributed by atoms with Gasteiger partial charge in [0, 0.05) is 16.8 Å². The predicted octanol–water partition coefficient (Wildman–Crippen LogP) is 6.71. The summed E-state index contributed by atoms with van der Waals surface area (Å²) in [6.45, 7) is 2.07. The van der Waals surface area contributed by atoms with Gasteiger partial charge in [-0.2, -0.15) is 18.3 Å². The van der Waals surface area contributed by atoms with Gasteiger partial charge in [-0.25, -0.2) is 9.07 Å². The number of carbonyl (C=O) groups excluding carboxylic acids is 1. The fraction of sp³-hybridized carbons (Fsp3) is 0.333. The predicted molar refractivity (Wildman–Crippen MR) is 141 cm³/mol. The number of benzene rings is 2. The van der Waals surface area contributed by atoms with E-state index in [9.17, 15) is 22.4 Å². The number of rotatable bonds is 3. The van der Waals surface area contributed by atoms with E-state index < -0.39 is 35.3 Å². The van der Waals surface area contributed by atoms with Crippen molar-refractivity contribution in [2.24, 2.45) is 23.2 Å². The Hall–Kier alpha value is -3.88. The van der Waals surface area contributed by atoms with E-state index in [2.05, 4.69) is 23.4 Å².